The number of para-hydroxylation sites is 1. The van der Waals surface area contributed by atoms with Crippen LogP contribution < -0.4 is 4.74 Å². The minimum atomic E-state index is -1.09. The molecule has 1 unspecified atom stereocenters. The van der Waals surface area contributed by atoms with E-state index in [1.54, 1.807) is 4.90 Å². The van der Waals surface area contributed by atoms with Crippen LogP contribution in [0, 0.1) is 0 Å². The molecule has 1 spiro atoms. The number of carbonyl (C=O) groups is 2. The van der Waals surface area contributed by atoms with Crippen LogP contribution in [-0.2, 0) is 17.8 Å². The number of aryl methyl sites for hydroxylation is 1. The van der Waals surface area contributed by atoms with E-state index >= 15 is 0 Å². The van der Waals surface area contributed by atoms with Crippen LogP contribution in [-0.4, -0.2) is 50.1 Å². The largest absolute Gasteiger partial charge is 0.485 e. The van der Waals surface area contributed by atoms with Crippen LogP contribution >= 0.6 is 0 Å². The standard InChI is InChI=1S/C18H19N3O4/c22-16(10-21-12-19-9-14(21)17(23)24)20-8-7-18(11-20)6-5-13-3-1-2-4-15(13)25-18/h1-4,9,12H,5-8,10-11H2,(H,23,24). The summed E-state index contributed by atoms with van der Waals surface area (Å²) in [6.07, 6.45) is 5.26. The van der Waals surface area contributed by atoms with Gasteiger partial charge in [-0.1, -0.05) is 18.2 Å². The van der Waals surface area contributed by atoms with Gasteiger partial charge in [-0.2, -0.15) is 0 Å². The number of hydrogen-bond donors (Lipinski definition) is 1. The zero-order chi connectivity index (χ0) is 17.4. The third kappa shape index (κ3) is 2.86. The molecule has 7 nitrogen and oxygen atoms in total. The first-order valence-corrected chi connectivity index (χ1v) is 8.34. The molecule has 4 rings (SSSR count). The Morgan fingerprint density at radius 1 is 1.28 bits per heavy atom. The maximum Gasteiger partial charge on any atom is 0.354 e. The topological polar surface area (TPSA) is 84.7 Å². The number of ether oxygens (including phenoxy) is 1. The zero-order valence-electron chi connectivity index (χ0n) is 13.7. The molecule has 1 saturated heterocycles. The molecule has 1 N–H and O–H groups in total. The van der Waals surface area contributed by atoms with Gasteiger partial charge in [0.05, 0.1) is 19.1 Å². The molecule has 0 saturated carbocycles. The summed E-state index contributed by atoms with van der Waals surface area (Å²) in [4.78, 5) is 29.3. The summed E-state index contributed by atoms with van der Waals surface area (Å²) < 4.78 is 7.62. The number of aromatic carboxylic acids is 1. The molecular weight excluding hydrogens is 322 g/mol. The van der Waals surface area contributed by atoms with Crippen molar-refractivity contribution in [3.05, 3.63) is 48.0 Å². The van der Waals surface area contributed by atoms with Crippen LogP contribution in [0.4, 0.5) is 0 Å². The first kappa shape index (κ1) is 15.7. The van der Waals surface area contributed by atoms with Crippen LogP contribution in [0.2, 0.25) is 0 Å². The monoisotopic (exact) mass is 341 g/mol. The molecule has 2 aromatic rings. The average molecular weight is 341 g/mol. The van der Waals surface area contributed by atoms with E-state index in [4.69, 9.17) is 9.84 Å². The van der Waals surface area contributed by atoms with Crippen molar-refractivity contribution in [1.82, 2.24) is 14.5 Å². The smallest absolute Gasteiger partial charge is 0.354 e. The van der Waals surface area contributed by atoms with Gasteiger partial charge in [-0.05, 0) is 24.5 Å². The van der Waals surface area contributed by atoms with Crippen LogP contribution in [0.3, 0.4) is 0 Å². The van der Waals surface area contributed by atoms with E-state index in [2.05, 4.69) is 11.1 Å². The third-order valence-corrected chi connectivity index (χ3v) is 5.06. The molecule has 0 radical (unpaired) electrons. The molecule has 0 bridgehead atoms. The van der Waals surface area contributed by atoms with E-state index in [1.165, 1.54) is 22.7 Å². The highest BCUT2D eigenvalue weighted by molar-refractivity contribution is 5.86. The SMILES string of the molecule is O=C(O)c1cncn1CC(=O)N1CCC2(CCc3ccccc3O2)C1. The predicted octanol–water partition coefficient (Wildman–Crippen LogP) is 1.58. The molecule has 1 aromatic heterocycles. The summed E-state index contributed by atoms with van der Waals surface area (Å²) >= 11 is 0. The molecule has 3 heterocycles. The number of fused-ring (bicyclic) bond motifs is 1. The summed E-state index contributed by atoms with van der Waals surface area (Å²) in [7, 11) is 0. The van der Waals surface area contributed by atoms with Crippen LogP contribution in [0.5, 0.6) is 5.75 Å². The summed E-state index contributed by atoms with van der Waals surface area (Å²) in [5, 5.41) is 9.12. The molecular formula is C18H19N3O4. The molecule has 130 valence electrons. The van der Waals surface area contributed by atoms with Gasteiger partial charge in [-0.25, -0.2) is 9.78 Å². The number of nitrogens with zero attached hydrogens (tertiary/aromatic N) is 3. The van der Waals surface area contributed by atoms with Crippen LogP contribution in [0.25, 0.3) is 0 Å². The molecule has 7 heteroatoms. The van der Waals surface area contributed by atoms with E-state index < -0.39 is 5.97 Å². The van der Waals surface area contributed by atoms with Crippen molar-refractivity contribution < 1.29 is 19.4 Å². The predicted molar refractivity (Wildman–Crippen MR) is 88.5 cm³/mol. The van der Waals surface area contributed by atoms with E-state index in [0.717, 1.165) is 25.0 Å². The summed E-state index contributed by atoms with van der Waals surface area (Å²) in [6, 6.07) is 8.02. The Kier molecular flexibility index (Phi) is 3.71. The lowest BCUT2D eigenvalue weighted by Gasteiger charge is -2.35. The minimum absolute atomic E-state index is 0.0186. The van der Waals surface area contributed by atoms with Gasteiger partial charge in [-0.3, -0.25) is 4.79 Å². The molecule has 2 aliphatic rings. The Bertz CT molecular complexity index is 831. The number of carbonyl (C=O) groups excluding carboxylic acids is 1. The highest BCUT2D eigenvalue weighted by Crippen LogP contribution is 2.38. The van der Waals surface area contributed by atoms with Gasteiger partial charge in [-0.15, -0.1) is 0 Å². The lowest BCUT2D eigenvalue weighted by molar-refractivity contribution is -0.131. The number of benzene rings is 1. The van der Waals surface area contributed by atoms with Crippen molar-refractivity contribution in [2.75, 3.05) is 13.1 Å². The van der Waals surface area contributed by atoms with E-state index in [0.29, 0.717) is 13.1 Å². The van der Waals surface area contributed by atoms with Crippen molar-refractivity contribution in [3.8, 4) is 5.75 Å². The molecule has 1 fully saturated rings. The fourth-order valence-corrected chi connectivity index (χ4v) is 3.67. The Labute approximate surface area is 144 Å². The van der Waals surface area contributed by atoms with Gasteiger partial charge in [0.2, 0.25) is 5.91 Å². The van der Waals surface area contributed by atoms with Gasteiger partial charge in [0.1, 0.15) is 23.6 Å². The lowest BCUT2D eigenvalue weighted by Crippen LogP contribution is -2.44. The summed E-state index contributed by atoms with van der Waals surface area (Å²) in [5.41, 5.74) is 0.904. The highest BCUT2D eigenvalue weighted by atomic mass is 16.5. The van der Waals surface area contributed by atoms with E-state index in [-0.39, 0.29) is 23.7 Å². The Balaban J connectivity index is 1.45. The first-order chi connectivity index (χ1) is 12.1. The summed E-state index contributed by atoms with van der Waals surface area (Å²) in [5.74, 6) is -0.291. The highest BCUT2D eigenvalue weighted by Gasteiger charge is 2.44. The Hall–Kier alpha value is -2.83. The van der Waals surface area contributed by atoms with Crippen molar-refractivity contribution in [2.45, 2.75) is 31.4 Å². The molecule has 1 amide bonds. The fraction of sp³-hybridized carbons (Fsp3) is 0.389. The maximum absolute atomic E-state index is 12.6. The average Bonchev–Trinajstić information content (AvgIpc) is 3.22. The second-order valence-corrected chi connectivity index (χ2v) is 6.67. The number of likely N-dealkylation sites (tertiary alicyclic amines) is 1. The van der Waals surface area contributed by atoms with Crippen molar-refractivity contribution in [1.29, 1.82) is 0 Å². The number of carboxylic acids is 1. The Morgan fingerprint density at radius 2 is 2.12 bits per heavy atom. The van der Waals surface area contributed by atoms with Crippen molar-refractivity contribution in [3.63, 3.8) is 0 Å². The normalized spacial score (nSPS) is 21.8. The molecule has 1 atom stereocenters. The first-order valence-electron chi connectivity index (χ1n) is 8.34. The molecule has 2 aliphatic heterocycles. The molecule has 25 heavy (non-hydrogen) atoms. The minimum Gasteiger partial charge on any atom is -0.485 e. The number of imidazole rings is 1. The van der Waals surface area contributed by atoms with Gasteiger partial charge >= 0.3 is 5.97 Å². The molecule has 1 aromatic carbocycles. The zero-order valence-corrected chi connectivity index (χ0v) is 13.7. The third-order valence-electron chi connectivity index (χ3n) is 5.06. The van der Waals surface area contributed by atoms with Gasteiger partial charge in [0.25, 0.3) is 0 Å². The summed E-state index contributed by atoms with van der Waals surface area (Å²) in [6.45, 7) is 1.14. The molecule has 0 aliphatic carbocycles. The number of aromatic nitrogens is 2. The van der Waals surface area contributed by atoms with Gasteiger partial charge in [0.15, 0.2) is 0 Å². The van der Waals surface area contributed by atoms with Crippen molar-refractivity contribution >= 4 is 11.9 Å². The van der Waals surface area contributed by atoms with Gasteiger partial charge in [0, 0.05) is 13.0 Å². The number of rotatable bonds is 3. The van der Waals surface area contributed by atoms with Crippen LogP contribution in [0.15, 0.2) is 36.8 Å². The van der Waals surface area contributed by atoms with E-state index in [1.807, 2.05) is 18.2 Å². The number of hydrogen-bond acceptors (Lipinski definition) is 4. The van der Waals surface area contributed by atoms with Gasteiger partial charge < -0.3 is 19.3 Å². The number of carboxylic acid groups (broad SMARTS) is 1. The maximum atomic E-state index is 12.6. The second kappa shape index (κ2) is 5.91. The van der Waals surface area contributed by atoms with Crippen LogP contribution in [0.1, 0.15) is 28.9 Å². The second-order valence-electron chi connectivity index (χ2n) is 6.67. The Morgan fingerprint density at radius 3 is 2.96 bits per heavy atom. The lowest BCUT2D eigenvalue weighted by atomic mass is 9.90. The van der Waals surface area contributed by atoms with E-state index in [9.17, 15) is 9.59 Å². The number of amides is 1. The van der Waals surface area contributed by atoms with Crippen molar-refractivity contribution in [2.24, 2.45) is 0 Å². The fourth-order valence-electron chi connectivity index (χ4n) is 3.67. The quantitative estimate of drug-likeness (QED) is 0.916.